The summed E-state index contributed by atoms with van der Waals surface area (Å²) < 4.78 is 24.4. The predicted molar refractivity (Wildman–Crippen MR) is 102 cm³/mol. The highest BCUT2D eigenvalue weighted by molar-refractivity contribution is 5.98. The number of Topliss-reactive ketones (excluding diaryl/α,β-unsaturated/α-hetero) is 1. The van der Waals surface area contributed by atoms with Crippen LogP contribution in [-0.2, 0) is 5.60 Å². The number of ketones is 1. The summed E-state index contributed by atoms with van der Waals surface area (Å²) in [5.74, 6) is 0.998. The summed E-state index contributed by atoms with van der Waals surface area (Å²) in [6.45, 7) is 2.69. The first kappa shape index (κ1) is 18.9. The Morgan fingerprint density at radius 1 is 1.04 bits per heavy atom. The highest BCUT2D eigenvalue weighted by atomic mass is 19.1. The van der Waals surface area contributed by atoms with Gasteiger partial charge in [0.1, 0.15) is 5.82 Å². The Labute approximate surface area is 163 Å². The maximum atomic E-state index is 13.1. The molecule has 148 valence electrons. The summed E-state index contributed by atoms with van der Waals surface area (Å²) in [7, 11) is 0. The topological polar surface area (TPSA) is 59.0 Å². The second kappa shape index (κ2) is 7.89. The number of likely N-dealkylation sites (tertiary alicyclic amines) is 1. The van der Waals surface area contributed by atoms with Crippen LogP contribution in [0.15, 0.2) is 42.5 Å². The molecular weight excluding hydrogens is 361 g/mol. The molecule has 2 aromatic carbocycles. The number of nitrogens with zero attached hydrogens (tertiary/aromatic N) is 1. The SMILES string of the molecule is O=C(CN1CCC(O)(c2ccc(F)cc2)CC1)c1ccc2c(c1)OCCCO2. The van der Waals surface area contributed by atoms with Crippen LogP contribution >= 0.6 is 0 Å². The molecule has 0 aromatic heterocycles. The van der Waals surface area contributed by atoms with Crippen molar-refractivity contribution in [1.82, 2.24) is 4.90 Å². The fourth-order valence-corrected chi connectivity index (χ4v) is 3.76. The fraction of sp³-hybridized carbons (Fsp3) is 0.409. The molecule has 0 radical (unpaired) electrons. The lowest BCUT2D eigenvalue weighted by atomic mass is 9.84. The highest BCUT2D eigenvalue weighted by Crippen LogP contribution is 2.33. The molecule has 2 heterocycles. The van der Waals surface area contributed by atoms with Gasteiger partial charge in [0.25, 0.3) is 0 Å². The lowest BCUT2D eigenvalue weighted by Crippen LogP contribution is -2.44. The number of hydrogen-bond donors (Lipinski definition) is 1. The number of benzene rings is 2. The first-order valence-corrected chi connectivity index (χ1v) is 9.67. The second-order valence-electron chi connectivity index (χ2n) is 7.45. The Bertz CT molecular complexity index is 844. The zero-order valence-corrected chi connectivity index (χ0v) is 15.7. The molecule has 0 amide bonds. The molecule has 5 nitrogen and oxygen atoms in total. The first-order valence-electron chi connectivity index (χ1n) is 9.67. The van der Waals surface area contributed by atoms with E-state index in [0.29, 0.717) is 62.8 Å². The second-order valence-corrected chi connectivity index (χ2v) is 7.45. The van der Waals surface area contributed by atoms with Crippen molar-refractivity contribution in [2.24, 2.45) is 0 Å². The van der Waals surface area contributed by atoms with Crippen molar-refractivity contribution < 1.29 is 23.8 Å². The van der Waals surface area contributed by atoms with Gasteiger partial charge in [0.2, 0.25) is 0 Å². The monoisotopic (exact) mass is 385 g/mol. The first-order chi connectivity index (χ1) is 13.5. The van der Waals surface area contributed by atoms with E-state index in [4.69, 9.17) is 9.47 Å². The van der Waals surface area contributed by atoms with E-state index < -0.39 is 5.60 Å². The molecule has 0 aliphatic carbocycles. The van der Waals surface area contributed by atoms with Gasteiger partial charge in [-0.15, -0.1) is 0 Å². The summed E-state index contributed by atoms with van der Waals surface area (Å²) in [6.07, 6.45) is 1.84. The summed E-state index contributed by atoms with van der Waals surface area (Å²) in [5, 5.41) is 10.9. The molecule has 2 aliphatic rings. The number of aliphatic hydroxyl groups is 1. The lowest BCUT2D eigenvalue weighted by molar-refractivity contribution is -0.0245. The van der Waals surface area contributed by atoms with Crippen molar-refractivity contribution in [3.8, 4) is 11.5 Å². The van der Waals surface area contributed by atoms with E-state index in [1.807, 2.05) is 4.90 Å². The summed E-state index contributed by atoms with van der Waals surface area (Å²) >= 11 is 0. The van der Waals surface area contributed by atoms with Gasteiger partial charge in [0.15, 0.2) is 17.3 Å². The van der Waals surface area contributed by atoms with Crippen molar-refractivity contribution in [3.05, 3.63) is 59.4 Å². The summed E-state index contributed by atoms with van der Waals surface area (Å²) in [6, 6.07) is 11.3. The van der Waals surface area contributed by atoms with Gasteiger partial charge in [0, 0.05) is 25.1 Å². The van der Waals surface area contributed by atoms with Gasteiger partial charge < -0.3 is 14.6 Å². The summed E-state index contributed by atoms with van der Waals surface area (Å²) in [5.41, 5.74) is 0.356. The number of ether oxygens (including phenoxy) is 2. The molecule has 0 unspecified atom stereocenters. The fourth-order valence-electron chi connectivity index (χ4n) is 3.76. The number of piperidine rings is 1. The molecule has 1 fully saturated rings. The van der Waals surface area contributed by atoms with Crippen molar-refractivity contribution in [2.45, 2.75) is 24.9 Å². The number of halogens is 1. The molecule has 6 heteroatoms. The average molecular weight is 385 g/mol. The molecule has 28 heavy (non-hydrogen) atoms. The van der Waals surface area contributed by atoms with E-state index >= 15 is 0 Å². The van der Waals surface area contributed by atoms with Gasteiger partial charge in [-0.1, -0.05) is 12.1 Å². The zero-order chi connectivity index (χ0) is 19.6. The Balaban J connectivity index is 1.37. The Hall–Kier alpha value is -2.44. The van der Waals surface area contributed by atoms with Crippen molar-refractivity contribution in [3.63, 3.8) is 0 Å². The number of fused-ring (bicyclic) bond motifs is 1. The maximum absolute atomic E-state index is 13.1. The van der Waals surface area contributed by atoms with E-state index in [2.05, 4.69) is 0 Å². The van der Waals surface area contributed by atoms with Gasteiger partial charge >= 0.3 is 0 Å². The van der Waals surface area contributed by atoms with Crippen LogP contribution in [-0.4, -0.2) is 48.6 Å². The molecule has 4 rings (SSSR count). The Kier molecular flexibility index (Phi) is 5.33. The largest absolute Gasteiger partial charge is 0.490 e. The predicted octanol–water partition coefficient (Wildman–Crippen LogP) is 3.15. The van der Waals surface area contributed by atoms with Crippen LogP contribution in [0, 0.1) is 5.82 Å². The van der Waals surface area contributed by atoms with Crippen LogP contribution in [0.5, 0.6) is 11.5 Å². The van der Waals surface area contributed by atoms with Gasteiger partial charge in [0.05, 0.1) is 25.4 Å². The van der Waals surface area contributed by atoms with Crippen LogP contribution < -0.4 is 9.47 Å². The molecular formula is C22H24FNO4. The van der Waals surface area contributed by atoms with Crippen LogP contribution in [0.2, 0.25) is 0 Å². The molecule has 0 atom stereocenters. The third kappa shape index (κ3) is 4.03. The minimum absolute atomic E-state index is 0.0165. The highest BCUT2D eigenvalue weighted by Gasteiger charge is 2.34. The van der Waals surface area contributed by atoms with E-state index in [9.17, 15) is 14.3 Å². The molecule has 0 spiro atoms. The number of hydrogen-bond acceptors (Lipinski definition) is 5. The van der Waals surface area contributed by atoms with E-state index in [-0.39, 0.29) is 11.6 Å². The van der Waals surface area contributed by atoms with Crippen molar-refractivity contribution in [2.75, 3.05) is 32.8 Å². The van der Waals surface area contributed by atoms with E-state index in [1.54, 1.807) is 30.3 Å². The third-order valence-electron chi connectivity index (χ3n) is 5.50. The lowest BCUT2D eigenvalue weighted by Gasteiger charge is -2.38. The maximum Gasteiger partial charge on any atom is 0.176 e. The normalized spacial score (nSPS) is 19.1. The van der Waals surface area contributed by atoms with E-state index in [0.717, 1.165) is 12.0 Å². The van der Waals surface area contributed by atoms with Gasteiger partial charge in [-0.3, -0.25) is 9.69 Å². The minimum atomic E-state index is -0.970. The summed E-state index contributed by atoms with van der Waals surface area (Å²) in [4.78, 5) is 14.8. The Morgan fingerprint density at radius 2 is 1.71 bits per heavy atom. The van der Waals surface area contributed by atoms with Gasteiger partial charge in [-0.2, -0.15) is 0 Å². The molecule has 2 aromatic rings. The van der Waals surface area contributed by atoms with Crippen molar-refractivity contribution in [1.29, 1.82) is 0 Å². The van der Waals surface area contributed by atoms with E-state index in [1.165, 1.54) is 12.1 Å². The quantitative estimate of drug-likeness (QED) is 0.820. The van der Waals surface area contributed by atoms with Crippen molar-refractivity contribution >= 4 is 5.78 Å². The number of carbonyl (C=O) groups excluding carboxylic acids is 1. The number of rotatable bonds is 4. The molecule has 0 saturated carbocycles. The average Bonchev–Trinajstić information content (AvgIpc) is 2.95. The van der Waals surface area contributed by atoms with Crippen LogP contribution in [0.1, 0.15) is 35.2 Å². The molecule has 1 N–H and O–H groups in total. The minimum Gasteiger partial charge on any atom is -0.490 e. The zero-order valence-electron chi connectivity index (χ0n) is 15.7. The van der Waals surface area contributed by atoms with Crippen LogP contribution in [0.3, 0.4) is 0 Å². The Morgan fingerprint density at radius 3 is 2.43 bits per heavy atom. The molecule has 1 saturated heterocycles. The molecule has 0 bridgehead atoms. The number of carbonyl (C=O) groups is 1. The third-order valence-corrected chi connectivity index (χ3v) is 5.50. The van der Waals surface area contributed by atoms with Crippen LogP contribution in [0.25, 0.3) is 0 Å². The molecule has 2 aliphatic heterocycles. The smallest absolute Gasteiger partial charge is 0.176 e. The standard InChI is InChI=1S/C22H24FNO4/c23-18-5-3-17(4-6-18)22(26)8-10-24(11-9-22)15-19(25)16-2-7-20-21(14-16)28-13-1-12-27-20/h2-7,14,26H,1,8-13,15H2. The van der Waals surface area contributed by atoms with Crippen LogP contribution in [0.4, 0.5) is 4.39 Å². The van der Waals surface area contributed by atoms with Gasteiger partial charge in [-0.25, -0.2) is 4.39 Å². The van der Waals surface area contributed by atoms with Gasteiger partial charge in [-0.05, 0) is 48.7 Å².